The maximum Gasteiger partial charge on any atom is 0.211 e. The van der Waals surface area contributed by atoms with Gasteiger partial charge < -0.3 is 5.32 Å². The van der Waals surface area contributed by atoms with Crippen LogP contribution in [0.4, 0.5) is 15.3 Å². The van der Waals surface area contributed by atoms with Gasteiger partial charge in [-0.2, -0.15) is 10.2 Å². The van der Waals surface area contributed by atoms with Crippen LogP contribution in [-0.2, 0) is 6.54 Å². The van der Waals surface area contributed by atoms with Gasteiger partial charge in [0, 0.05) is 28.5 Å². The fourth-order valence-corrected chi connectivity index (χ4v) is 4.24. The summed E-state index contributed by atoms with van der Waals surface area (Å²) < 4.78 is 18.0. The predicted molar refractivity (Wildman–Crippen MR) is 116 cm³/mol. The number of anilines is 2. The van der Waals surface area contributed by atoms with Crippen molar-refractivity contribution in [1.82, 2.24) is 29.8 Å². The van der Waals surface area contributed by atoms with Crippen LogP contribution in [0.5, 0.6) is 0 Å². The largest absolute Gasteiger partial charge is 0.313 e. The minimum absolute atomic E-state index is 0.0178. The quantitative estimate of drug-likeness (QED) is 0.449. The molecule has 0 aliphatic heterocycles. The Hall–Kier alpha value is -2.78. The third kappa shape index (κ3) is 4.08. The standard InChI is InChI=1S/C20H21ClFN7S/c1-11-5-6-16(21)15(18(11)22)10-28-8-7-17(27-28)23-20-25-24-19(30-20)14(4)29-13(3)9-12(2)26-29/h5-9,14H,10H2,1-4H3,(H,23,25,27). The highest BCUT2D eigenvalue weighted by atomic mass is 35.5. The van der Waals surface area contributed by atoms with Crippen molar-refractivity contribution < 1.29 is 4.39 Å². The van der Waals surface area contributed by atoms with Gasteiger partial charge >= 0.3 is 0 Å². The summed E-state index contributed by atoms with van der Waals surface area (Å²) in [5, 5.41) is 22.5. The summed E-state index contributed by atoms with van der Waals surface area (Å²) in [5.74, 6) is 0.292. The second-order valence-corrected chi connectivity index (χ2v) is 8.59. The average molecular weight is 446 g/mol. The van der Waals surface area contributed by atoms with Crippen LogP contribution in [0.15, 0.2) is 30.5 Å². The molecule has 4 rings (SSSR count). The molecule has 3 aromatic heterocycles. The minimum Gasteiger partial charge on any atom is -0.313 e. The van der Waals surface area contributed by atoms with Crippen LogP contribution in [0.25, 0.3) is 0 Å². The zero-order valence-electron chi connectivity index (χ0n) is 17.0. The number of aromatic nitrogens is 6. The zero-order valence-corrected chi connectivity index (χ0v) is 18.6. The van der Waals surface area contributed by atoms with Crippen molar-refractivity contribution in [2.75, 3.05) is 5.32 Å². The van der Waals surface area contributed by atoms with Crippen molar-refractivity contribution >= 4 is 33.9 Å². The maximum absolute atomic E-state index is 14.4. The number of rotatable bonds is 6. The fraction of sp³-hybridized carbons (Fsp3) is 0.300. The first-order valence-electron chi connectivity index (χ1n) is 9.42. The molecule has 1 unspecified atom stereocenters. The SMILES string of the molecule is Cc1cc(C)n(C(C)c2nnc(Nc3ccn(Cc4c(Cl)ccc(C)c4F)n3)s2)n1. The molecular weight excluding hydrogens is 425 g/mol. The van der Waals surface area contributed by atoms with E-state index in [0.29, 0.717) is 27.1 Å². The van der Waals surface area contributed by atoms with Gasteiger partial charge in [-0.05, 0) is 45.4 Å². The molecule has 10 heteroatoms. The van der Waals surface area contributed by atoms with Crippen LogP contribution >= 0.6 is 22.9 Å². The van der Waals surface area contributed by atoms with E-state index in [1.807, 2.05) is 31.5 Å². The Morgan fingerprint density at radius 2 is 1.97 bits per heavy atom. The summed E-state index contributed by atoms with van der Waals surface area (Å²) in [6.07, 6.45) is 1.76. The molecule has 0 aliphatic carbocycles. The molecule has 7 nitrogen and oxygen atoms in total. The first-order valence-corrected chi connectivity index (χ1v) is 10.6. The van der Waals surface area contributed by atoms with Crippen molar-refractivity contribution in [3.63, 3.8) is 0 Å². The molecule has 0 aliphatic rings. The maximum atomic E-state index is 14.4. The zero-order chi connectivity index (χ0) is 21.4. The lowest BCUT2D eigenvalue weighted by Crippen LogP contribution is -2.10. The molecular formula is C20H21ClFN7S. The number of nitrogens with zero attached hydrogens (tertiary/aromatic N) is 6. The van der Waals surface area contributed by atoms with Crippen LogP contribution < -0.4 is 5.32 Å². The second-order valence-electron chi connectivity index (χ2n) is 7.17. The third-order valence-corrected chi connectivity index (χ3v) is 6.15. The summed E-state index contributed by atoms with van der Waals surface area (Å²) in [4.78, 5) is 0. The highest BCUT2D eigenvalue weighted by Gasteiger charge is 2.17. The fourth-order valence-electron chi connectivity index (χ4n) is 3.24. The Balaban J connectivity index is 1.47. The summed E-state index contributed by atoms with van der Waals surface area (Å²) in [7, 11) is 0. The molecule has 1 N–H and O–H groups in total. The first-order chi connectivity index (χ1) is 14.3. The molecule has 1 atom stereocenters. The monoisotopic (exact) mass is 445 g/mol. The number of hydrogen-bond acceptors (Lipinski definition) is 6. The molecule has 0 saturated heterocycles. The van der Waals surface area contributed by atoms with Crippen molar-refractivity contribution in [1.29, 1.82) is 0 Å². The number of aryl methyl sites for hydroxylation is 3. The molecule has 1 aromatic carbocycles. The van der Waals surface area contributed by atoms with Gasteiger partial charge in [-0.1, -0.05) is 29.0 Å². The van der Waals surface area contributed by atoms with E-state index in [0.717, 1.165) is 16.4 Å². The smallest absolute Gasteiger partial charge is 0.211 e. The van der Waals surface area contributed by atoms with Gasteiger partial charge in [-0.3, -0.25) is 9.36 Å². The van der Waals surface area contributed by atoms with Crippen molar-refractivity contribution in [3.05, 3.63) is 68.8 Å². The summed E-state index contributed by atoms with van der Waals surface area (Å²) in [5.41, 5.74) is 3.02. The Morgan fingerprint density at radius 1 is 1.17 bits per heavy atom. The lowest BCUT2D eigenvalue weighted by Gasteiger charge is -2.10. The number of hydrogen-bond donors (Lipinski definition) is 1. The molecule has 0 amide bonds. The van der Waals surface area contributed by atoms with Gasteiger partial charge in [0.15, 0.2) is 5.82 Å². The van der Waals surface area contributed by atoms with Crippen LogP contribution in [0.1, 0.15) is 40.5 Å². The normalized spacial score (nSPS) is 12.3. The Kier molecular flexibility index (Phi) is 5.57. The summed E-state index contributed by atoms with van der Waals surface area (Å²) in [6.45, 7) is 7.98. The van der Waals surface area contributed by atoms with Crippen molar-refractivity contribution in [2.45, 2.75) is 40.3 Å². The van der Waals surface area contributed by atoms with Gasteiger partial charge in [-0.15, -0.1) is 10.2 Å². The number of nitrogens with one attached hydrogen (secondary N) is 1. The molecule has 0 spiro atoms. The van der Waals surface area contributed by atoms with Crippen LogP contribution in [0.2, 0.25) is 5.02 Å². The molecule has 4 aromatic rings. The van der Waals surface area contributed by atoms with Crippen molar-refractivity contribution in [2.24, 2.45) is 0 Å². The summed E-state index contributed by atoms with van der Waals surface area (Å²) in [6, 6.07) is 7.18. The molecule has 0 fully saturated rings. The summed E-state index contributed by atoms with van der Waals surface area (Å²) >= 11 is 7.61. The Bertz CT molecular complexity index is 1200. The van der Waals surface area contributed by atoms with Crippen molar-refractivity contribution in [3.8, 4) is 0 Å². The first kappa shape index (κ1) is 20.5. The van der Waals surface area contributed by atoms with E-state index in [1.165, 1.54) is 11.3 Å². The molecule has 0 bridgehead atoms. The number of benzene rings is 1. The van der Waals surface area contributed by atoms with Gasteiger partial charge in [-0.25, -0.2) is 4.39 Å². The average Bonchev–Trinajstić information content (AvgIpc) is 3.42. The van der Waals surface area contributed by atoms with E-state index >= 15 is 0 Å². The number of halogens is 2. The second kappa shape index (κ2) is 8.16. The van der Waals surface area contributed by atoms with E-state index < -0.39 is 0 Å². The van der Waals surface area contributed by atoms with Gasteiger partial charge in [0.25, 0.3) is 0 Å². The van der Waals surface area contributed by atoms with Crippen LogP contribution in [-0.4, -0.2) is 29.8 Å². The highest BCUT2D eigenvalue weighted by Crippen LogP contribution is 2.27. The minimum atomic E-state index is -0.306. The van der Waals surface area contributed by atoms with Gasteiger partial charge in [0.05, 0.1) is 12.2 Å². The van der Waals surface area contributed by atoms with E-state index in [1.54, 1.807) is 36.0 Å². The van der Waals surface area contributed by atoms with E-state index in [-0.39, 0.29) is 18.4 Å². The van der Waals surface area contributed by atoms with E-state index in [9.17, 15) is 4.39 Å². The Morgan fingerprint density at radius 3 is 2.70 bits per heavy atom. The van der Waals surface area contributed by atoms with Crippen LogP contribution in [0, 0.1) is 26.6 Å². The molecule has 0 radical (unpaired) electrons. The Labute approximate surface area is 182 Å². The van der Waals surface area contributed by atoms with Crippen LogP contribution in [0.3, 0.4) is 0 Å². The molecule has 30 heavy (non-hydrogen) atoms. The van der Waals surface area contributed by atoms with Gasteiger partial charge in [0.1, 0.15) is 16.9 Å². The molecule has 156 valence electrons. The highest BCUT2D eigenvalue weighted by molar-refractivity contribution is 7.15. The van der Waals surface area contributed by atoms with Gasteiger partial charge in [0.2, 0.25) is 5.13 Å². The lowest BCUT2D eigenvalue weighted by atomic mass is 10.1. The van der Waals surface area contributed by atoms with E-state index in [4.69, 9.17) is 11.6 Å². The lowest BCUT2D eigenvalue weighted by molar-refractivity contribution is 0.540. The van der Waals surface area contributed by atoms with E-state index in [2.05, 4.69) is 25.7 Å². The molecule has 0 saturated carbocycles. The third-order valence-electron chi connectivity index (χ3n) is 4.78. The molecule has 3 heterocycles. The topological polar surface area (TPSA) is 73.5 Å². The predicted octanol–water partition coefficient (Wildman–Crippen LogP) is 5.05.